The van der Waals surface area contributed by atoms with Gasteiger partial charge in [0.15, 0.2) is 0 Å². The maximum atomic E-state index is 11.6. The van der Waals surface area contributed by atoms with E-state index in [-0.39, 0.29) is 5.56 Å². The molecule has 3 heterocycles. The van der Waals surface area contributed by atoms with E-state index < -0.39 is 0 Å². The van der Waals surface area contributed by atoms with E-state index in [1.54, 1.807) is 24.6 Å². The van der Waals surface area contributed by atoms with Gasteiger partial charge in [-0.3, -0.25) is 4.79 Å². The Morgan fingerprint density at radius 2 is 1.89 bits per heavy atom. The van der Waals surface area contributed by atoms with Gasteiger partial charge in [-0.15, -0.1) is 0 Å². The van der Waals surface area contributed by atoms with Gasteiger partial charge in [-0.2, -0.15) is 0 Å². The summed E-state index contributed by atoms with van der Waals surface area (Å²) in [6.45, 7) is 2.04. The van der Waals surface area contributed by atoms with Gasteiger partial charge >= 0.3 is 0 Å². The average molecular weight is 368 g/mol. The van der Waals surface area contributed by atoms with Crippen LogP contribution < -0.4 is 10.3 Å². The number of benzene rings is 2. The lowest BCUT2D eigenvalue weighted by Crippen LogP contribution is -2.02. The van der Waals surface area contributed by atoms with E-state index in [1.165, 1.54) is 0 Å². The molecule has 5 nitrogen and oxygen atoms in total. The lowest BCUT2D eigenvalue weighted by atomic mass is 9.96. The van der Waals surface area contributed by atoms with Crippen LogP contribution in [-0.4, -0.2) is 9.97 Å². The van der Waals surface area contributed by atoms with Crippen molar-refractivity contribution < 1.29 is 9.15 Å². The number of H-pyrrole nitrogens is 1. The summed E-state index contributed by atoms with van der Waals surface area (Å²) in [5.41, 5.74) is 4.66. The molecule has 0 spiro atoms. The highest BCUT2D eigenvalue weighted by molar-refractivity contribution is 5.95. The quantitative estimate of drug-likeness (QED) is 0.461. The van der Waals surface area contributed by atoms with E-state index in [4.69, 9.17) is 9.15 Å². The predicted molar refractivity (Wildman–Crippen MR) is 109 cm³/mol. The van der Waals surface area contributed by atoms with Crippen LogP contribution >= 0.6 is 0 Å². The fourth-order valence-electron chi connectivity index (χ4n) is 3.49. The maximum absolute atomic E-state index is 11.6. The van der Waals surface area contributed by atoms with Crippen molar-refractivity contribution in [1.29, 1.82) is 0 Å². The second kappa shape index (κ2) is 6.39. The molecule has 0 unspecified atom stereocenters. The third-order valence-corrected chi connectivity index (χ3v) is 4.81. The van der Waals surface area contributed by atoms with E-state index in [2.05, 4.69) is 16.0 Å². The van der Waals surface area contributed by atoms with Gasteiger partial charge in [0.25, 0.3) is 0 Å². The van der Waals surface area contributed by atoms with Gasteiger partial charge in [0.1, 0.15) is 11.3 Å². The Kier molecular flexibility index (Phi) is 3.72. The minimum atomic E-state index is -0.106. The number of rotatable bonds is 3. The fraction of sp³-hybridized carbons (Fsp3) is 0.0435. The minimum absolute atomic E-state index is 0.106. The molecule has 5 heteroatoms. The number of aromatic nitrogens is 2. The van der Waals surface area contributed by atoms with Gasteiger partial charge in [0.2, 0.25) is 11.4 Å². The molecule has 0 saturated carbocycles. The van der Waals surface area contributed by atoms with E-state index in [0.29, 0.717) is 11.6 Å². The number of ether oxygens (including phenoxy) is 1. The summed E-state index contributed by atoms with van der Waals surface area (Å²) in [6, 6.07) is 18.9. The van der Waals surface area contributed by atoms with Gasteiger partial charge in [-0.05, 0) is 60.0 Å². The van der Waals surface area contributed by atoms with Gasteiger partial charge in [-0.25, -0.2) is 4.98 Å². The molecule has 0 bridgehead atoms. The number of aryl methyl sites for hydroxylation is 1. The first-order valence-corrected chi connectivity index (χ1v) is 8.92. The number of aromatic amines is 1. The summed E-state index contributed by atoms with van der Waals surface area (Å²) in [5, 5.41) is 1.84. The molecule has 0 atom stereocenters. The van der Waals surface area contributed by atoms with Gasteiger partial charge in [0.05, 0.1) is 11.6 Å². The molecular weight excluding hydrogens is 352 g/mol. The van der Waals surface area contributed by atoms with Crippen molar-refractivity contribution in [2.24, 2.45) is 0 Å². The third-order valence-electron chi connectivity index (χ3n) is 4.81. The normalized spacial score (nSPS) is 11.2. The Morgan fingerprint density at radius 1 is 0.964 bits per heavy atom. The van der Waals surface area contributed by atoms with Gasteiger partial charge in [-0.1, -0.05) is 18.2 Å². The summed E-state index contributed by atoms with van der Waals surface area (Å²) in [7, 11) is 0. The molecule has 0 aliphatic carbocycles. The first kappa shape index (κ1) is 16.3. The number of hydrogen-bond donors (Lipinski definition) is 1. The molecule has 0 radical (unpaired) electrons. The molecule has 2 aromatic carbocycles. The van der Waals surface area contributed by atoms with Crippen LogP contribution in [0.3, 0.4) is 0 Å². The van der Waals surface area contributed by atoms with Crippen LogP contribution in [0.5, 0.6) is 11.6 Å². The van der Waals surface area contributed by atoms with E-state index in [9.17, 15) is 4.79 Å². The number of fused-ring (bicyclic) bond motifs is 2. The third kappa shape index (κ3) is 2.74. The number of nitrogens with one attached hydrogen (secondary N) is 1. The molecule has 136 valence electrons. The van der Waals surface area contributed by atoms with Crippen molar-refractivity contribution in [3.8, 4) is 22.8 Å². The van der Waals surface area contributed by atoms with Crippen molar-refractivity contribution >= 4 is 21.9 Å². The highest BCUT2D eigenvalue weighted by atomic mass is 16.5. The maximum Gasteiger partial charge on any atom is 0.248 e. The van der Waals surface area contributed by atoms with Crippen LogP contribution in [0.2, 0.25) is 0 Å². The summed E-state index contributed by atoms with van der Waals surface area (Å²) >= 11 is 0. The van der Waals surface area contributed by atoms with Crippen molar-refractivity contribution in [3.05, 3.63) is 89.0 Å². The van der Waals surface area contributed by atoms with Crippen molar-refractivity contribution in [2.75, 3.05) is 0 Å². The molecule has 0 aliphatic heterocycles. The average Bonchev–Trinajstić information content (AvgIpc) is 3.17. The Labute approximate surface area is 160 Å². The second-order valence-electron chi connectivity index (χ2n) is 6.62. The molecule has 0 amide bonds. The SMILES string of the molecule is Cc1cc(Oc2nccc3occc23)ccc1-c1cccc2[nH]c(=O)ccc12. The van der Waals surface area contributed by atoms with Gasteiger partial charge < -0.3 is 14.1 Å². The Hall–Kier alpha value is -3.86. The van der Waals surface area contributed by atoms with Crippen LogP contribution in [-0.2, 0) is 0 Å². The molecular formula is C23H16N2O3. The highest BCUT2D eigenvalue weighted by Crippen LogP contribution is 2.34. The molecule has 28 heavy (non-hydrogen) atoms. The fourth-order valence-corrected chi connectivity index (χ4v) is 3.49. The standard InChI is InChI=1S/C23H16N2O3/c1-14-13-15(28-23-19-10-12-27-21(19)9-11-24-23)5-6-16(14)17-3-2-4-20-18(17)7-8-22(26)25-20/h2-13H,1H3,(H,25,26). The van der Waals surface area contributed by atoms with E-state index >= 15 is 0 Å². The Morgan fingerprint density at radius 3 is 2.79 bits per heavy atom. The summed E-state index contributed by atoms with van der Waals surface area (Å²) < 4.78 is 11.4. The smallest absolute Gasteiger partial charge is 0.248 e. The predicted octanol–water partition coefficient (Wildman–Crippen LogP) is 5.44. The molecule has 3 aromatic heterocycles. The molecule has 1 N–H and O–H groups in total. The lowest BCUT2D eigenvalue weighted by molar-refractivity contribution is 0.468. The summed E-state index contributed by atoms with van der Waals surface area (Å²) in [5.74, 6) is 1.22. The molecule has 0 saturated heterocycles. The van der Waals surface area contributed by atoms with Crippen molar-refractivity contribution in [3.63, 3.8) is 0 Å². The molecule has 0 fully saturated rings. The van der Waals surface area contributed by atoms with Crippen LogP contribution in [0.25, 0.3) is 33.0 Å². The van der Waals surface area contributed by atoms with Crippen LogP contribution in [0.15, 0.2) is 82.3 Å². The zero-order valence-corrected chi connectivity index (χ0v) is 15.1. The highest BCUT2D eigenvalue weighted by Gasteiger charge is 2.11. The minimum Gasteiger partial charge on any atom is -0.464 e. The number of nitrogens with zero attached hydrogens (tertiary/aromatic N) is 1. The topological polar surface area (TPSA) is 68.1 Å². The van der Waals surface area contributed by atoms with Crippen LogP contribution in [0, 0.1) is 6.92 Å². The summed E-state index contributed by atoms with van der Waals surface area (Å²) in [4.78, 5) is 18.8. The van der Waals surface area contributed by atoms with E-state index in [0.717, 1.165) is 38.6 Å². The molecule has 0 aliphatic rings. The molecule has 5 rings (SSSR count). The lowest BCUT2D eigenvalue weighted by Gasteiger charge is -2.12. The number of hydrogen-bond acceptors (Lipinski definition) is 4. The zero-order chi connectivity index (χ0) is 19.1. The molecule has 5 aromatic rings. The second-order valence-corrected chi connectivity index (χ2v) is 6.62. The Bertz CT molecular complexity index is 1380. The van der Waals surface area contributed by atoms with E-state index in [1.807, 2.05) is 49.4 Å². The van der Waals surface area contributed by atoms with Crippen LogP contribution in [0.4, 0.5) is 0 Å². The first-order chi connectivity index (χ1) is 13.7. The van der Waals surface area contributed by atoms with Crippen LogP contribution in [0.1, 0.15) is 5.56 Å². The largest absolute Gasteiger partial charge is 0.464 e. The zero-order valence-electron chi connectivity index (χ0n) is 15.1. The van der Waals surface area contributed by atoms with Crippen molar-refractivity contribution in [1.82, 2.24) is 9.97 Å². The number of furan rings is 1. The first-order valence-electron chi connectivity index (χ1n) is 8.92. The van der Waals surface area contributed by atoms with Gasteiger partial charge in [0, 0.05) is 23.2 Å². The summed E-state index contributed by atoms with van der Waals surface area (Å²) in [6.07, 6.45) is 3.29. The monoisotopic (exact) mass is 368 g/mol. The number of pyridine rings is 2. The van der Waals surface area contributed by atoms with Crippen molar-refractivity contribution in [2.45, 2.75) is 6.92 Å². The Balaban J connectivity index is 1.56.